The van der Waals surface area contributed by atoms with E-state index in [9.17, 15) is 9.50 Å². The first kappa shape index (κ1) is 15.5. The molecule has 21 heavy (non-hydrogen) atoms. The molecule has 2 nitrogen and oxygen atoms in total. The third-order valence-electron chi connectivity index (χ3n) is 3.72. The fourth-order valence-electron chi connectivity index (χ4n) is 2.38. The Morgan fingerprint density at radius 1 is 1.10 bits per heavy atom. The summed E-state index contributed by atoms with van der Waals surface area (Å²) in [6.45, 7) is 5.27. The Bertz CT molecular complexity index is 568. The molecule has 0 aliphatic carbocycles. The SMILES string of the molecule is CCc1ccc(C(O)CN(CC)c2cccc(F)c2)cc1. The Labute approximate surface area is 125 Å². The fourth-order valence-corrected chi connectivity index (χ4v) is 2.38. The maximum atomic E-state index is 13.3. The van der Waals surface area contributed by atoms with Crippen LogP contribution >= 0.6 is 0 Å². The smallest absolute Gasteiger partial charge is 0.125 e. The van der Waals surface area contributed by atoms with Crippen molar-refractivity contribution in [3.05, 3.63) is 65.5 Å². The number of aliphatic hydroxyl groups is 1. The number of likely N-dealkylation sites (N-methyl/N-ethyl adjacent to an activating group) is 1. The van der Waals surface area contributed by atoms with Crippen LogP contribution in [-0.4, -0.2) is 18.2 Å². The summed E-state index contributed by atoms with van der Waals surface area (Å²) >= 11 is 0. The van der Waals surface area contributed by atoms with Crippen molar-refractivity contribution >= 4 is 5.69 Å². The molecule has 1 atom stereocenters. The first-order valence-corrected chi connectivity index (χ1v) is 7.41. The lowest BCUT2D eigenvalue weighted by atomic mass is 10.1. The standard InChI is InChI=1S/C18H22FNO/c1-3-14-8-10-15(11-9-14)18(21)13-20(4-2)17-7-5-6-16(19)12-17/h5-12,18,21H,3-4,13H2,1-2H3. The van der Waals surface area contributed by atoms with Crippen LogP contribution in [0.1, 0.15) is 31.1 Å². The van der Waals surface area contributed by atoms with E-state index in [4.69, 9.17) is 0 Å². The van der Waals surface area contributed by atoms with Crippen molar-refractivity contribution in [2.75, 3.05) is 18.0 Å². The molecule has 0 amide bonds. The quantitative estimate of drug-likeness (QED) is 0.869. The summed E-state index contributed by atoms with van der Waals surface area (Å²) in [5, 5.41) is 10.4. The Hall–Kier alpha value is -1.87. The van der Waals surface area contributed by atoms with E-state index in [1.807, 2.05) is 42.2 Å². The molecule has 0 saturated carbocycles. The molecule has 112 valence electrons. The highest BCUT2D eigenvalue weighted by Crippen LogP contribution is 2.21. The number of aliphatic hydroxyl groups excluding tert-OH is 1. The van der Waals surface area contributed by atoms with Crippen LogP contribution in [0.3, 0.4) is 0 Å². The van der Waals surface area contributed by atoms with E-state index in [1.165, 1.54) is 17.7 Å². The van der Waals surface area contributed by atoms with Crippen LogP contribution in [0.25, 0.3) is 0 Å². The van der Waals surface area contributed by atoms with E-state index in [0.717, 1.165) is 17.7 Å². The Kier molecular flexibility index (Phi) is 5.34. The summed E-state index contributed by atoms with van der Waals surface area (Å²) in [6, 6.07) is 14.5. The molecular formula is C18H22FNO. The zero-order chi connectivity index (χ0) is 15.2. The number of benzene rings is 2. The number of hydrogen-bond acceptors (Lipinski definition) is 2. The molecule has 1 N–H and O–H groups in total. The van der Waals surface area contributed by atoms with Crippen molar-refractivity contribution in [2.24, 2.45) is 0 Å². The van der Waals surface area contributed by atoms with E-state index < -0.39 is 6.10 Å². The fraction of sp³-hybridized carbons (Fsp3) is 0.333. The van der Waals surface area contributed by atoms with Crippen LogP contribution in [0.2, 0.25) is 0 Å². The average molecular weight is 287 g/mol. The van der Waals surface area contributed by atoms with Crippen molar-refractivity contribution in [3.63, 3.8) is 0 Å². The third kappa shape index (κ3) is 4.05. The Morgan fingerprint density at radius 2 is 1.81 bits per heavy atom. The number of rotatable bonds is 6. The monoisotopic (exact) mass is 287 g/mol. The number of nitrogens with zero attached hydrogens (tertiary/aromatic N) is 1. The van der Waals surface area contributed by atoms with Gasteiger partial charge in [0.25, 0.3) is 0 Å². The molecule has 3 heteroatoms. The summed E-state index contributed by atoms with van der Waals surface area (Å²) in [5.74, 6) is -0.257. The lowest BCUT2D eigenvalue weighted by molar-refractivity contribution is 0.183. The lowest BCUT2D eigenvalue weighted by Gasteiger charge is -2.26. The number of halogens is 1. The first-order chi connectivity index (χ1) is 10.1. The number of anilines is 1. The molecular weight excluding hydrogens is 265 g/mol. The summed E-state index contributed by atoms with van der Waals surface area (Å²) in [7, 11) is 0. The zero-order valence-electron chi connectivity index (χ0n) is 12.6. The molecule has 0 saturated heterocycles. The van der Waals surface area contributed by atoms with Crippen molar-refractivity contribution in [3.8, 4) is 0 Å². The summed E-state index contributed by atoms with van der Waals surface area (Å²) in [5.41, 5.74) is 2.94. The molecule has 0 spiro atoms. The van der Waals surface area contributed by atoms with Gasteiger partial charge < -0.3 is 10.0 Å². The summed E-state index contributed by atoms with van der Waals surface area (Å²) < 4.78 is 13.3. The highest BCUT2D eigenvalue weighted by atomic mass is 19.1. The maximum Gasteiger partial charge on any atom is 0.125 e. The van der Waals surface area contributed by atoms with Gasteiger partial charge in [-0.25, -0.2) is 4.39 Å². The van der Waals surface area contributed by atoms with E-state index in [-0.39, 0.29) is 5.82 Å². The number of hydrogen-bond donors (Lipinski definition) is 1. The van der Waals surface area contributed by atoms with Gasteiger partial charge in [0.05, 0.1) is 6.10 Å². The van der Waals surface area contributed by atoms with Crippen LogP contribution in [-0.2, 0) is 6.42 Å². The van der Waals surface area contributed by atoms with Crippen LogP contribution in [0, 0.1) is 5.82 Å². The van der Waals surface area contributed by atoms with Crippen LogP contribution < -0.4 is 4.90 Å². The minimum Gasteiger partial charge on any atom is -0.387 e. The highest BCUT2D eigenvalue weighted by molar-refractivity contribution is 5.46. The van der Waals surface area contributed by atoms with Crippen molar-refractivity contribution in [1.82, 2.24) is 0 Å². The molecule has 0 radical (unpaired) electrons. The molecule has 2 aromatic rings. The maximum absolute atomic E-state index is 13.3. The van der Waals surface area contributed by atoms with Crippen molar-refractivity contribution in [1.29, 1.82) is 0 Å². The van der Waals surface area contributed by atoms with E-state index in [0.29, 0.717) is 13.1 Å². The van der Waals surface area contributed by atoms with E-state index in [2.05, 4.69) is 6.92 Å². The first-order valence-electron chi connectivity index (χ1n) is 7.41. The largest absolute Gasteiger partial charge is 0.387 e. The van der Waals surface area contributed by atoms with Gasteiger partial charge in [-0.3, -0.25) is 0 Å². The second-order valence-corrected chi connectivity index (χ2v) is 5.13. The molecule has 0 aliphatic rings. The molecule has 2 rings (SSSR count). The molecule has 0 heterocycles. The van der Waals surface area contributed by atoms with Gasteiger partial charge in [0.1, 0.15) is 5.82 Å². The molecule has 0 bridgehead atoms. The molecule has 2 aromatic carbocycles. The van der Waals surface area contributed by atoms with Gasteiger partial charge in [-0.1, -0.05) is 37.3 Å². The van der Waals surface area contributed by atoms with Gasteiger partial charge >= 0.3 is 0 Å². The summed E-state index contributed by atoms with van der Waals surface area (Å²) in [4.78, 5) is 1.97. The third-order valence-corrected chi connectivity index (χ3v) is 3.72. The van der Waals surface area contributed by atoms with Gasteiger partial charge in [-0.2, -0.15) is 0 Å². The van der Waals surface area contributed by atoms with E-state index in [1.54, 1.807) is 6.07 Å². The minimum absolute atomic E-state index is 0.257. The van der Waals surface area contributed by atoms with Crippen molar-refractivity contribution in [2.45, 2.75) is 26.4 Å². The van der Waals surface area contributed by atoms with E-state index >= 15 is 0 Å². The van der Waals surface area contributed by atoms with Gasteiger partial charge in [0.2, 0.25) is 0 Å². The molecule has 0 aromatic heterocycles. The van der Waals surface area contributed by atoms with Crippen LogP contribution in [0.15, 0.2) is 48.5 Å². The average Bonchev–Trinajstić information content (AvgIpc) is 2.52. The van der Waals surface area contributed by atoms with Gasteiger partial charge in [-0.15, -0.1) is 0 Å². The predicted octanol–water partition coefficient (Wildman–Crippen LogP) is 3.95. The van der Waals surface area contributed by atoms with Crippen molar-refractivity contribution < 1.29 is 9.50 Å². The normalized spacial score (nSPS) is 12.2. The number of aryl methyl sites for hydroxylation is 1. The highest BCUT2D eigenvalue weighted by Gasteiger charge is 2.13. The Balaban J connectivity index is 2.10. The second kappa shape index (κ2) is 7.23. The van der Waals surface area contributed by atoms with Crippen LogP contribution in [0.4, 0.5) is 10.1 Å². The summed E-state index contributed by atoms with van der Waals surface area (Å²) in [6.07, 6.45) is 0.403. The lowest BCUT2D eigenvalue weighted by Crippen LogP contribution is -2.28. The van der Waals surface area contributed by atoms with Crippen LogP contribution in [0.5, 0.6) is 0 Å². The predicted molar refractivity (Wildman–Crippen MR) is 85.1 cm³/mol. The van der Waals surface area contributed by atoms with Gasteiger partial charge in [0.15, 0.2) is 0 Å². The molecule has 1 unspecified atom stereocenters. The minimum atomic E-state index is -0.584. The van der Waals surface area contributed by atoms with Gasteiger partial charge in [-0.05, 0) is 42.7 Å². The second-order valence-electron chi connectivity index (χ2n) is 5.13. The molecule has 0 fully saturated rings. The topological polar surface area (TPSA) is 23.5 Å². The Morgan fingerprint density at radius 3 is 2.38 bits per heavy atom. The molecule has 0 aliphatic heterocycles. The van der Waals surface area contributed by atoms with Gasteiger partial charge in [0, 0.05) is 18.8 Å². The zero-order valence-corrected chi connectivity index (χ0v) is 12.6.